The molecular formula is C9H12N6O2. The highest BCUT2D eigenvalue weighted by Gasteiger charge is 2.10. The molecular weight excluding hydrogens is 224 g/mol. The number of aromatic nitrogens is 6. The van der Waals surface area contributed by atoms with Crippen LogP contribution in [0, 0.1) is 0 Å². The van der Waals surface area contributed by atoms with Crippen LogP contribution in [0.4, 0.5) is 0 Å². The summed E-state index contributed by atoms with van der Waals surface area (Å²) >= 11 is 0. The van der Waals surface area contributed by atoms with E-state index in [4.69, 9.17) is 5.11 Å². The first-order valence-electron chi connectivity index (χ1n) is 5.20. The van der Waals surface area contributed by atoms with Gasteiger partial charge in [0.1, 0.15) is 18.7 Å². The molecule has 2 aromatic rings. The van der Waals surface area contributed by atoms with Gasteiger partial charge in [-0.05, 0) is 6.42 Å². The zero-order valence-corrected chi connectivity index (χ0v) is 9.31. The lowest BCUT2D eigenvalue weighted by molar-refractivity contribution is 0.0690. The molecule has 0 amide bonds. The first-order chi connectivity index (χ1) is 8.20. The van der Waals surface area contributed by atoms with Crippen LogP contribution in [-0.4, -0.2) is 40.8 Å². The smallest absolute Gasteiger partial charge is 0.358 e. The topological polar surface area (TPSA) is 98.7 Å². The van der Waals surface area contributed by atoms with Crippen LogP contribution in [0.1, 0.15) is 29.7 Å². The van der Waals surface area contributed by atoms with Crippen molar-refractivity contribution in [2.45, 2.75) is 26.4 Å². The highest BCUT2D eigenvalue weighted by atomic mass is 16.4. The molecule has 0 spiro atoms. The van der Waals surface area contributed by atoms with Gasteiger partial charge < -0.3 is 5.11 Å². The highest BCUT2D eigenvalue weighted by molar-refractivity contribution is 5.84. The van der Waals surface area contributed by atoms with Gasteiger partial charge in [-0.1, -0.05) is 12.1 Å². The number of carboxylic acids is 1. The molecule has 0 atom stereocenters. The Labute approximate surface area is 96.9 Å². The molecule has 8 heteroatoms. The van der Waals surface area contributed by atoms with E-state index in [0.29, 0.717) is 6.54 Å². The number of hydrogen-bond acceptors (Lipinski definition) is 5. The summed E-state index contributed by atoms with van der Waals surface area (Å²) in [6.07, 6.45) is 3.79. The predicted octanol–water partition coefficient (Wildman–Crippen LogP) is 0.0261. The molecule has 0 aliphatic heterocycles. The van der Waals surface area contributed by atoms with Crippen LogP contribution in [-0.2, 0) is 13.1 Å². The molecule has 90 valence electrons. The standard InChI is InChI=1S/C9H12N6O2/c1-2-3-15-8(10-6-11-15)5-14-4-7(9(16)17)12-13-14/h4,6H,2-3,5H2,1H3,(H,16,17). The van der Waals surface area contributed by atoms with Crippen molar-refractivity contribution in [3.05, 3.63) is 24.0 Å². The van der Waals surface area contributed by atoms with Gasteiger partial charge in [0.15, 0.2) is 5.69 Å². The number of carboxylic acid groups (broad SMARTS) is 1. The number of nitrogens with zero attached hydrogens (tertiary/aromatic N) is 6. The van der Waals surface area contributed by atoms with Gasteiger partial charge in [-0.15, -0.1) is 5.10 Å². The SMILES string of the molecule is CCCn1ncnc1Cn1cc(C(=O)O)nn1. The Bertz CT molecular complexity index is 517. The average molecular weight is 236 g/mol. The quantitative estimate of drug-likeness (QED) is 0.786. The minimum atomic E-state index is -1.09. The third-order valence-corrected chi connectivity index (χ3v) is 2.19. The fourth-order valence-electron chi connectivity index (χ4n) is 1.43. The molecule has 0 fully saturated rings. The number of aryl methyl sites for hydroxylation is 1. The Hall–Kier alpha value is -2.25. The summed E-state index contributed by atoms with van der Waals surface area (Å²) in [7, 11) is 0. The molecule has 2 rings (SSSR count). The van der Waals surface area contributed by atoms with Crippen LogP contribution in [0.25, 0.3) is 0 Å². The van der Waals surface area contributed by atoms with Gasteiger partial charge in [0.25, 0.3) is 0 Å². The van der Waals surface area contributed by atoms with Crippen LogP contribution < -0.4 is 0 Å². The summed E-state index contributed by atoms with van der Waals surface area (Å²) in [5.74, 6) is -0.361. The normalized spacial score (nSPS) is 10.6. The molecule has 0 aliphatic rings. The summed E-state index contributed by atoms with van der Waals surface area (Å²) in [4.78, 5) is 14.7. The maximum absolute atomic E-state index is 10.6. The van der Waals surface area contributed by atoms with Crippen molar-refractivity contribution < 1.29 is 9.90 Å². The molecule has 0 aromatic carbocycles. The number of rotatable bonds is 5. The van der Waals surface area contributed by atoms with E-state index in [1.165, 1.54) is 17.2 Å². The van der Waals surface area contributed by atoms with Gasteiger partial charge >= 0.3 is 5.97 Å². The first-order valence-corrected chi connectivity index (χ1v) is 5.20. The van der Waals surface area contributed by atoms with Gasteiger partial charge in [-0.25, -0.2) is 19.1 Å². The molecule has 8 nitrogen and oxygen atoms in total. The third kappa shape index (κ3) is 2.47. The van der Waals surface area contributed by atoms with E-state index < -0.39 is 5.97 Å². The Balaban J connectivity index is 2.13. The van der Waals surface area contributed by atoms with Gasteiger partial charge in [-0.3, -0.25) is 0 Å². The fourth-order valence-corrected chi connectivity index (χ4v) is 1.43. The van der Waals surface area contributed by atoms with Crippen molar-refractivity contribution in [1.29, 1.82) is 0 Å². The number of hydrogen-bond donors (Lipinski definition) is 1. The monoisotopic (exact) mass is 236 g/mol. The maximum Gasteiger partial charge on any atom is 0.358 e. The summed E-state index contributed by atoms with van der Waals surface area (Å²) in [6.45, 7) is 3.18. The van der Waals surface area contributed by atoms with Gasteiger partial charge in [0.2, 0.25) is 0 Å². The predicted molar refractivity (Wildman–Crippen MR) is 56.4 cm³/mol. The van der Waals surface area contributed by atoms with Crippen molar-refractivity contribution in [2.24, 2.45) is 0 Å². The van der Waals surface area contributed by atoms with Crippen LogP contribution >= 0.6 is 0 Å². The average Bonchev–Trinajstić information content (AvgIpc) is 2.90. The van der Waals surface area contributed by atoms with E-state index in [0.717, 1.165) is 18.8 Å². The molecule has 1 N–H and O–H groups in total. The van der Waals surface area contributed by atoms with Crippen LogP contribution in [0.5, 0.6) is 0 Å². The first kappa shape index (κ1) is 11.2. The van der Waals surface area contributed by atoms with Crippen LogP contribution in [0.15, 0.2) is 12.5 Å². The highest BCUT2D eigenvalue weighted by Crippen LogP contribution is 2.00. The maximum atomic E-state index is 10.6. The lowest BCUT2D eigenvalue weighted by Gasteiger charge is -2.03. The van der Waals surface area contributed by atoms with E-state index in [9.17, 15) is 4.79 Å². The van der Waals surface area contributed by atoms with Crippen molar-refractivity contribution in [1.82, 2.24) is 29.8 Å². The van der Waals surface area contributed by atoms with Crippen molar-refractivity contribution in [2.75, 3.05) is 0 Å². The second-order valence-corrected chi connectivity index (χ2v) is 3.51. The molecule has 0 aliphatic carbocycles. The van der Waals surface area contributed by atoms with E-state index in [1.54, 1.807) is 4.68 Å². The summed E-state index contributed by atoms with van der Waals surface area (Å²) in [5.41, 5.74) is -0.0773. The molecule has 17 heavy (non-hydrogen) atoms. The van der Waals surface area contributed by atoms with Gasteiger partial charge in [0, 0.05) is 6.54 Å². The van der Waals surface area contributed by atoms with E-state index in [1.807, 2.05) is 6.92 Å². The Morgan fingerprint density at radius 3 is 3.00 bits per heavy atom. The zero-order chi connectivity index (χ0) is 12.3. The largest absolute Gasteiger partial charge is 0.476 e. The van der Waals surface area contributed by atoms with E-state index in [-0.39, 0.29) is 5.69 Å². The van der Waals surface area contributed by atoms with E-state index in [2.05, 4.69) is 20.4 Å². The van der Waals surface area contributed by atoms with Gasteiger partial charge in [0.05, 0.1) is 6.20 Å². The fraction of sp³-hybridized carbons (Fsp3) is 0.444. The lowest BCUT2D eigenvalue weighted by Crippen LogP contribution is -2.10. The van der Waals surface area contributed by atoms with Crippen LogP contribution in [0.2, 0.25) is 0 Å². The lowest BCUT2D eigenvalue weighted by atomic mass is 10.4. The van der Waals surface area contributed by atoms with Crippen molar-refractivity contribution >= 4 is 5.97 Å². The molecule has 0 bridgehead atoms. The van der Waals surface area contributed by atoms with Gasteiger partial charge in [-0.2, -0.15) is 5.10 Å². The third-order valence-electron chi connectivity index (χ3n) is 2.19. The molecule has 2 heterocycles. The Morgan fingerprint density at radius 2 is 2.35 bits per heavy atom. The number of carbonyl (C=O) groups is 1. The molecule has 0 radical (unpaired) electrons. The number of aromatic carboxylic acids is 1. The summed E-state index contributed by atoms with van der Waals surface area (Å²) < 4.78 is 3.20. The second-order valence-electron chi connectivity index (χ2n) is 3.51. The molecule has 0 saturated heterocycles. The molecule has 0 saturated carbocycles. The Morgan fingerprint density at radius 1 is 1.53 bits per heavy atom. The van der Waals surface area contributed by atoms with Crippen molar-refractivity contribution in [3.63, 3.8) is 0 Å². The molecule has 2 aromatic heterocycles. The minimum absolute atomic E-state index is 0.0773. The minimum Gasteiger partial charge on any atom is -0.476 e. The van der Waals surface area contributed by atoms with E-state index >= 15 is 0 Å². The summed E-state index contributed by atoms with van der Waals surface area (Å²) in [5, 5.41) is 20.0. The Kier molecular flexibility index (Phi) is 3.12. The van der Waals surface area contributed by atoms with Crippen LogP contribution in [0.3, 0.4) is 0 Å². The second kappa shape index (κ2) is 4.73. The zero-order valence-electron chi connectivity index (χ0n) is 9.31. The molecule has 0 unspecified atom stereocenters. The van der Waals surface area contributed by atoms with Crippen molar-refractivity contribution in [3.8, 4) is 0 Å². The summed E-state index contributed by atoms with van der Waals surface area (Å²) in [6, 6.07) is 0.